The van der Waals surface area contributed by atoms with E-state index in [9.17, 15) is 9.90 Å². The second-order valence-corrected chi connectivity index (χ2v) is 9.61. The monoisotopic (exact) mass is 430 g/mol. The second-order valence-electron chi connectivity index (χ2n) is 9.61. The summed E-state index contributed by atoms with van der Waals surface area (Å²) in [6.45, 7) is 2.29. The minimum absolute atomic E-state index is 0. The van der Waals surface area contributed by atoms with Crippen LogP contribution in [0.25, 0.3) is 0 Å². The van der Waals surface area contributed by atoms with Crippen LogP contribution in [-0.2, 0) is 4.79 Å². The van der Waals surface area contributed by atoms with E-state index in [1.165, 1.54) is 148 Å². The van der Waals surface area contributed by atoms with E-state index >= 15 is 0 Å². The van der Waals surface area contributed by atoms with Crippen LogP contribution in [0.2, 0.25) is 0 Å². The summed E-state index contributed by atoms with van der Waals surface area (Å²) in [4.78, 5) is 10.3. The molecule has 0 aliphatic carbocycles. The van der Waals surface area contributed by atoms with E-state index in [4.69, 9.17) is 0 Å². The van der Waals surface area contributed by atoms with Crippen molar-refractivity contribution in [2.45, 2.75) is 174 Å². The van der Waals surface area contributed by atoms with Gasteiger partial charge in [-0.05, 0) is 12.8 Å². The third kappa shape index (κ3) is 32.3. The Balaban J connectivity index is 0. The van der Waals surface area contributed by atoms with E-state index in [1.54, 1.807) is 0 Å². The smallest absolute Gasteiger partial charge is 0.550 e. The molecule has 0 fully saturated rings. The predicted molar refractivity (Wildman–Crippen MR) is 131 cm³/mol. The Bertz CT molecular complexity index is 333. The summed E-state index contributed by atoms with van der Waals surface area (Å²) in [5, 5.41) is 10.3. The Morgan fingerprint density at radius 2 is 0.613 bits per heavy atom. The molecular weight excluding hydrogens is 375 g/mol. The van der Waals surface area contributed by atoms with Gasteiger partial charge in [-0.25, -0.2) is 0 Å². The van der Waals surface area contributed by atoms with Gasteiger partial charge in [-0.2, -0.15) is 0 Å². The summed E-state index contributed by atoms with van der Waals surface area (Å²) in [5.41, 5.74) is 0. The first-order chi connectivity index (χ1) is 14.8. The molecule has 0 amide bonds. The van der Waals surface area contributed by atoms with Crippen LogP contribution in [0.3, 0.4) is 0 Å². The molecule has 0 saturated heterocycles. The fourth-order valence-electron chi connectivity index (χ4n) is 4.41. The fraction of sp³-hybridized carbons (Fsp3) is 0.964. The Morgan fingerprint density at radius 1 is 0.419 bits per heavy atom. The van der Waals surface area contributed by atoms with E-state index in [2.05, 4.69) is 6.92 Å². The number of carboxylic acid groups (broad SMARTS) is 1. The molecule has 0 heterocycles. The molecule has 0 aromatic rings. The summed E-state index contributed by atoms with van der Waals surface area (Å²) < 4.78 is 0. The fourth-order valence-corrected chi connectivity index (χ4v) is 4.41. The van der Waals surface area contributed by atoms with Gasteiger partial charge >= 0.3 is 18.9 Å². The number of carbonyl (C=O) groups is 1. The molecule has 0 radical (unpaired) electrons. The topological polar surface area (TPSA) is 40.1 Å². The van der Waals surface area contributed by atoms with Gasteiger partial charge in [0, 0.05) is 5.97 Å². The maximum atomic E-state index is 10.3. The van der Waals surface area contributed by atoms with Crippen molar-refractivity contribution in [1.29, 1.82) is 0 Å². The quantitative estimate of drug-likeness (QED) is 0.127. The van der Waals surface area contributed by atoms with Crippen molar-refractivity contribution in [3.05, 3.63) is 0 Å². The average molecular weight is 431 g/mol. The van der Waals surface area contributed by atoms with Crippen LogP contribution in [-0.4, -0.2) is 5.97 Å². The molecule has 0 aliphatic heterocycles. The van der Waals surface area contributed by atoms with Crippen LogP contribution in [0.4, 0.5) is 0 Å². The van der Waals surface area contributed by atoms with Gasteiger partial charge in [0.1, 0.15) is 0 Å². The van der Waals surface area contributed by atoms with Crippen LogP contribution in [0, 0.1) is 0 Å². The molecule has 0 atom stereocenters. The summed E-state index contributed by atoms with van der Waals surface area (Å²) in [5.74, 6) is -0.899. The number of aliphatic carboxylic acids is 1. The van der Waals surface area contributed by atoms with Crippen molar-refractivity contribution < 1.29 is 28.8 Å². The molecule has 0 saturated carbocycles. The second kappa shape index (κ2) is 30.1. The average Bonchev–Trinajstić information content (AvgIpc) is 2.73. The molecule has 0 aliphatic rings. The standard InChI is InChI=1S/C28H56O2.Li/c1-2-3-4-5-6-7-8-9-10-11-12-13-14-15-16-17-18-19-20-21-22-23-24-25-26-27-28(29)30;/h2-27H2,1H3,(H,29,30);/q;+1/p-1. The molecule has 0 unspecified atom stereocenters. The zero-order valence-electron chi connectivity index (χ0n) is 21.7. The number of unbranched alkanes of at least 4 members (excludes halogenated alkanes) is 24. The molecule has 0 spiro atoms. The van der Waals surface area contributed by atoms with Crippen molar-refractivity contribution in [3.63, 3.8) is 0 Å². The first-order valence-corrected chi connectivity index (χ1v) is 14.0. The van der Waals surface area contributed by atoms with E-state index in [0.29, 0.717) is 0 Å². The number of hydrogen-bond acceptors (Lipinski definition) is 2. The minimum atomic E-state index is -0.899. The summed E-state index contributed by atoms with van der Waals surface area (Å²) in [6, 6.07) is 0. The van der Waals surface area contributed by atoms with Crippen LogP contribution in [0.5, 0.6) is 0 Å². The van der Waals surface area contributed by atoms with Crippen molar-refractivity contribution in [2.75, 3.05) is 0 Å². The van der Waals surface area contributed by atoms with Crippen LogP contribution < -0.4 is 24.0 Å². The zero-order chi connectivity index (χ0) is 22.0. The van der Waals surface area contributed by atoms with E-state index in [1.807, 2.05) is 0 Å². The predicted octanol–water partition coefficient (Wildman–Crippen LogP) is 5.90. The van der Waals surface area contributed by atoms with Gasteiger partial charge in [0.15, 0.2) is 0 Å². The van der Waals surface area contributed by atoms with Gasteiger partial charge in [0.25, 0.3) is 0 Å². The zero-order valence-corrected chi connectivity index (χ0v) is 21.7. The van der Waals surface area contributed by atoms with E-state index < -0.39 is 5.97 Å². The molecule has 0 aromatic heterocycles. The Morgan fingerprint density at radius 3 is 0.806 bits per heavy atom. The largest absolute Gasteiger partial charge is 1.00 e. The van der Waals surface area contributed by atoms with Crippen LogP contribution in [0.1, 0.15) is 174 Å². The summed E-state index contributed by atoms with van der Waals surface area (Å²) >= 11 is 0. The van der Waals surface area contributed by atoms with Crippen molar-refractivity contribution in [1.82, 2.24) is 0 Å². The molecule has 0 bridgehead atoms. The van der Waals surface area contributed by atoms with Crippen LogP contribution in [0.15, 0.2) is 0 Å². The first kappa shape index (κ1) is 33.2. The molecule has 3 heteroatoms. The number of carboxylic acids is 1. The maximum Gasteiger partial charge on any atom is 1.00 e. The number of hydrogen-bond donors (Lipinski definition) is 0. The normalized spacial score (nSPS) is 10.9. The van der Waals surface area contributed by atoms with E-state index in [-0.39, 0.29) is 25.3 Å². The molecular formula is C28H55LiO2. The van der Waals surface area contributed by atoms with Gasteiger partial charge in [-0.1, -0.05) is 161 Å². The number of carbonyl (C=O) groups excluding carboxylic acids is 1. The number of rotatable bonds is 26. The van der Waals surface area contributed by atoms with Crippen LogP contribution >= 0.6 is 0 Å². The molecule has 0 rings (SSSR count). The van der Waals surface area contributed by atoms with Gasteiger partial charge in [-0.15, -0.1) is 0 Å². The summed E-state index contributed by atoms with van der Waals surface area (Å²) in [6.07, 6.45) is 34.6. The SMILES string of the molecule is CCCCCCCCCCCCCCCCCCCCCCCCCCCC(=O)[O-].[Li+]. The van der Waals surface area contributed by atoms with Crippen molar-refractivity contribution in [3.8, 4) is 0 Å². The molecule has 31 heavy (non-hydrogen) atoms. The molecule has 180 valence electrons. The maximum absolute atomic E-state index is 10.3. The molecule has 2 nitrogen and oxygen atoms in total. The van der Waals surface area contributed by atoms with Gasteiger partial charge < -0.3 is 9.90 Å². The van der Waals surface area contributed by atoms with E-state index in [0.717, 1.165) is 12.8 Å². The van der Waals surface area contributed by atoms with Crippen molar-refractivity contribution >= 4 is 5.97 Å². The Hall–Kier alpha value is 0.0674. The molecule has 0 aromatic carbocycles. The third-order valence-corrected chi connectivity index (χ3v) is 6.48. The van der Waals surface area contributed by atoms with Crippen molar-refractivity contribution in [2.24, 2.45) is 0 Å². The van der Waals surface area contributed by atoms with Gasteiger partial charge in [0.05, 0.1) is 0 Å². The minimum Gasteiger partial charge on any atom is -0.550 e. The summed E-state index contributed by atoms with van der Waals surface area (Å²) in [7, 11) is 0. The molecule has 0 N–H and O–H groups in total. The Labute approximate surface area is 208 Å². The Kier molecular flexibility index (Phi) is 32.2. The first-order valence-electron chi connectivity index (χ1n) is 14.0. The third-order valence-electron chi connectivity index (χ3n) is 6.48. The van der Waals surface area contributed by atoms with Gasteiger partial charge in [-0.3, -0.25) is 0 Å². The van der Waals surface area contributed by atoms with Gasteiger partial charge in [0.2, 0.25) is 0 Å².